The summed E-state index contributed by atoms with van der Waals surface area (Å²) in [6.45, 7) is 13.6. The molecular formula is C23H44N2O5. The molecule has 0 aliphatic carbocycles. The van der Waals surface area contributed by atoms with Gasteiger partial charge in [-0.05, 0) is 56.5 Å². The third-order valence-electron chi connectivity index (χ3n) is 3.74. The van der Waals surface area contributed by atoms with Gasteiger partial charge in [0.15, 0.2) is 0 Å². The lowest BCUT2D eigenvalue weighted by atomic mass is 10.0. The molecule has 176 valence electrons. The standard InChI is InChI=1S/C12H15NO2.C4H11N.C3H6O2.C2H6O.C2H6/c1-2-13-8-10-7-11(14)5-3-9(10)4-6-12(13)15;1-2-3-4-5;1-3(4)5-2;1-2-3;1-2/h3,5,7,14H,2,4,6,8H2,1H3;2-5H2,1H3;1-2H3;3H,2H2,1H3;1-2H3. The number of rotatable bonds is 3. The Labute approximate surface area is 183 Å². The van der Waals surface area contributed by atoms with Gasteiger partial charge < -0.3 is 25.6 Å². The number of hydrogen-bond acceptors (Lipinski definition) is 6. The van der Waals surface area contributed by atoms with E-state index in [1.807, 2.05) is 31.7 Å². The summed E-state index contributed by atoms with van der Waals surface area (Å²) < 4.78 is 4.11. The van der Waals surface area contributed by atoms with E-state index in [0.29, 0.717) is 13.0 Å². The second kappa shape index (κ2) is 23.2. The molecule has 0 saturated carbocycles. The highest BCUT2D eigenvalue weighted by atomic mass is 16.5. The Morgan fingerprint density at radius 1 is 1.17 bits per heavy atom. The number of fused-ring (bicyclic) bond motifs is 1. The average molecular weight is 429 g/mol. The summed E-state index contributed by atoms with van der Waals surface area (Å²) in [5.41, 5.74) is 7.39. The van der Waals surface area contributed by atoms with Crippen molar-refractivity contribution in [2.45, 2.75) is 73.8 Å². The van der Waals surface area contributed by atoms with Gasteiger partial charge in [0.05, 0.1) is 7.11 Å². The monoisotopic (exact) mass is 428 g/mol. The van der Waals surface area contributed by atoms with Crippen molar-refractivity contribution < 1.29 is 24.5 Å². The number of hydrogen-bond donors (Lipinski definition) is 3. The maximum Gasteiger partial charge on any atom is 0.302 e. The number of ether oxygens (including phenoxy) is 1. The predicted octanol–water partition coefficient (Wildman–Crippen LogP) is 3.64. The Kier molecular flexibility index (Phi) is 25.1. The fourth-order valence-corrected chi connectivity index (χ4v) is 2.19. The minimum Gasteiger partial charge on any atom is -0.508 e. The number of nitrogens with zero attached hydrogens (tertiary/aromatic N) is 1. The number of carbonyl (C=O) groups is 2. The number of nitrogens with two attached hydrogens (primary N) is 1. The molecule has 0 radical (unpaired) electrons. The largest absolute Gasteiger partial charge is 0.508 e. The quantitative estimate of drug-likeness (QED) is 0.634. The Morgan fingerprint density at radius 3 is 2.07 bits per heavy atom. The number of aliphatic hydroxyl groups excluding tert-OH is 1. The topological polar surface area (TPSA) is 113 Å². The fourth-order valence-electron chi connectivity index (χ4n) is 2.19. The molecule has 4 N–H and O–H groups in total. The first kappa shape index (κ1) is 32.5. The van der Waals surface area contributed by atoms with E-state index in [-0.39, 0.29) is 24.2 Å². The lowest BCUT2D eigenvalue weighted by Gasteiger charge is -2.18. The lowest BCUT2D eigenvalue weighted by Crippen LogP contribution is -2.28. The van der Waals surface area contributed by atoms with Gasteiger partial charge in [-0.15, -0.1) is 0 Å². The number of benzene rings is 1. The Morgan fingerprint density at radius 2 is 1.70 bits per heavy atom. The van der Waals surface area contributed by atoms with Crippen molar-refractivity contribution in [1.82, 2.24) is 4.90 Å². The number of aliphatic hydroxyl groups is 1. The molecule has 0 unspecified atom stereocenters. The van der Waals surface area contributed by atoms with Crippen LogP contribution >= 0.6 is 0 Å². The van der Waals surface area contributed by atoms with Crippen LogP contribution in [0.15, 0.2) is 18.2 Å². The van der Waals surface area contributed by atoms with Gasteiger partial charge in [-0.1, -0.05) is 33.3 Å². The van der Waals surface area contributed by atoms with Crippen LogP contribution in [-0.2, 0) is 27.3 Å². The number of unbranched alkanes of at least 4 members (excludes halogenated alkanes) is 1. The summed E-state index contributed by atoms with van der Waals surface area (Å²) in [7, 11) is 1.35. The molecule has 0 atom stereocenters. The zero-order valence-electron chi connectivity index (χ0n) is 20.0. The van der Waals surface area contributed by atoms with E-state index in [2.05, 4.69) is 11.7 Å². The van der Waals surface area contributed by atoms with E-state index in [4.69, 9.17) is 10.8 Å². The minimum atomic E-state index is -0.245. The van der Waals surface area contributed by atoms with E-state index in [1.165, 1.54) is 32.4 Å². The van der Waals surface area contributed by atoms with E-state index < -0.39 is 0 Å². The van der Waals surface area contributed by atoms with E-state index in [0.717, 1.165) is 25.1 Å². The average Bonchev–Trinajstić information content (AvgIpc) is 2.90. The van der Waals surface area contributed by atoms with E-state index >= 15 is 0 Å². The summed E-state index contributed by atoms with van der Waals surface area (Å²) in [4.78, 5) is 23.1. The maximum absolute atomic E-state index is 11.7. The first-order valence-electron chi connectivity index (χ1n) is 10.7. The van der Waals surface area contributed by atoms with Crippen molar-refractivity contribution in [3.8, 4) is 5.75 Å². The van der Waals surface area contributed by atoms with Gasteiger partial charge >= 0.3 is 5.97 Å². The van der Waals surface area contributed by atoms with Crippen molar-refractivity contribution >= 4 is 11.9 Å². The predicted molar refractivity (Wildman–Crippen MR) is 123 cm³/mol. The lowest BCUT2D eigenvalue weighted by molar-refractivity contribution is -0.138. The molecule has 1 aliphatic rings. The molecule has 0 aromatic heterocycles. The van der Waals surface area contributed by atoms with Crippen LogP contribution < -0.4 is 5.73 Å². The number of carbonyl (C=O) groups excluding carboxylic acids is 2. The number of aromatic hydroxyl groups is 1. The van der Waals surface area contributed by atoms with Crippen molar-refractivity contribution in [3.05, 3.63) is 29.3 Å². The summed E-state index contributed by atoms with van der Waals surface area (Å²) in [6, 6.07) is 5.36. The highest BCUT2D eigenvalue weighted by molar-refractivity contribution is 5.77. The highest BCUT2D eigenvalue weighted by Gasteiger charge is 2.18. The summed E-state index contributed by atoms with van der Waals surface area (Å²) >= 11 is 0. The molecule has 1 amide bonds. The fraction of sp³-hybridized carbons (Fsp3) is 0.652. The number of phenols is 1. The van der Waals surface area contributed by atoms with Crippen LogP contribution in [0.5, 0.6) is 5.75 Å². The normalized spacial score (nSPS) is 11.4. The van der Waals surface area contributed by atoms with Crippen LogP contribution in [-0.4, -0.2) is 53.8 Å². The van der Waals surface area contributed by atoms with Crippen LogP contribution in [0, 0.1) is 0 Å². The van der Waals surface area contributed by atoms with Crippen LogP contribution in [0.1, 0.15) is 71.9 Å². The van der Waals surface area contributed by atoms with Gasteiger partial charge in [-0.25, -0.2) is 0 Å². The van der Waals surface area contributed by atoms with Gasteiger partial charge in [0, 0.05) is 33.0 Å². The third-order valence-corrected chi connectivity index (χ3v) is 3.74. The second-order valence-corrected chi connectivity index (χ2v) is 6.02. The summed E-state index contributed by atoms with van der Waals surface area (Å²) in [5.74, 6) is 0.234. The zero-order chi connectivity index (χ0) is 23.9. The van der Waals surface area contributed by atoms with Crippen LogP contribution in [0.4, 0.5) is 0 Å². The summed E-state index contributed by atoms with van der Waals surface area (Å²) in [5, 5.41) is 17.0. The molecule has 0 bridgehead atoms. The molecular weight excluding hydrogens is 384 g/mol. The zero-order valence-corrected chi connectivity index (χ0v) is 20.0. The molecule has 7 nitrogen and oxygen atoms in total. The number of methoxy groups -OCH3 is 1. The van der Waals surface area contributed by atoms with Gasteiger partial charge in [0.2, 0.25) is 5.91 Å². The first-order chi connectivity index (χ1) is 14.3. The van der Waals surface area contributed by atoms with Crippen molar-refractivity contribution in [2.75, 3.05) is 26.8 Å². The number of amides is 1. The molecule has 1 aromatic carbocycles. The molecule has 0 saturated heterocycles. The SMILES string of the molecule is CC.CCCCN.CCN1Cc2cc(O)ccc2CCC1=O.CCO.COC(C)=O. The second-order valence-electron chi connectivity index (χ2n) is 6.02. The first-order valence-corrected chi connectivity index (χ1v) is 10.7. The van der Waals surface area contributed by atoms with Gasteiger partial charge in [-0.2, -0.15) is 0 Å². The van der Waals surface area contributed by atoms with Crippen LogP contribution in [0.2, 0.25) is 0 Å². The molecule has 1 aromatic rings. The Bertz CT molecular complexity index is 548. The number of phenolic OH excluding ortho intramolecular Hbond substituents is 1. The van der Waals surface area contributed by atoms with Crippen LogP contribution in [0.3, 0.4) is 0 Å². The molecule has 7 heteroatoms. The van der Waals surface area contributed by atoms with Gasteiger partial charge in [0.1, 0.15) is 5.75 Å². The number of aryl methyl sites for hydroxylation is 1. The molecule has 0 spiro atoms. The highest BCUT2D eigenvalue weighted by Crippen LogP contribution is 2.23. The maximum atomic E-state index is 11.7. The molecule has 0 fully saturated rings. The van der Waals surface area contributed by atoms with E-state index in [1.54, 1.807) is 19.1 Å². The third kappa shape index (κ3) is 17.9. The number of esters is 1. The van der Waals surface area contributed by atoms with E-state index in [9.17, 15) is 14.7 Å². The van der Waals surface area contributed by atoms with Crippen LogP contribution in [0.25, 0.3) is 0 Å². The Hall–Kier alpha value is -2.12. The smallest absolute Gasteiger partial charge is 0.302 e. The summed E-state index contributed by atoms with van der Waals surface area (Å²) in [6.07, 6.45) is 3.74. The molecule has 30 heavy (non-hydrogen) atoms. The Balaban J connectivity index is -0.000000404. The van der Waals surface area contributed by atoms with Crippen molar-refractivity contribution in [1.29, 1.82) is 0 Å². The van der Waals surface area contributed by atoms with Gasteiger partial charge in [0.25, 0.3) is 0 Å². The molecule has 1 heterocycles. The van der Waals surface area contributed by atoms with Crippen molar-refractivity contribution in [3.63, 3.8) is 0 Å². The molecule has 2 rings (SSSR count). The van der Waals surface area contributed by atoms with Gasteiger partial charge in [-0.3, -0.25) is 9.59 Å². The minimum absolute atomic E-state index is 0.202. The molecule has 1 aliphatic heterocycles. The van der Waals surface area contributed by atoms with Crippen molar-refractivity contribution in [2.24, 2.45) is 5.73 Å².